The summed E-state index contributed by atoms with van der Waals surface area (Å²) < 4.78 is 4.55. The summed E-state index contributed by atoms with van der Waals surface area (Å²) in [4.78, 5) is 9.76. The first kappa shape index (κ1) is 10.6. The van der Waals surface area contributed by atoms with Gasteiger partial charge in [0.1, 0.15) is 0 Å². The lowest BCUT2D eigenvalue weighted by atomic mass is 9.95. The second-order valence-electron chi connectivity index (χ2n) is 3.93. The Morgan fingerprint density at radius 2 is 1.85 bits per heavy atom. The lowest BCUT2D eigenvalue weighted by molar-refractivity contribution is 0.256. The first-order chi connectivity index (χ1) is 6.43. The molecule has 0 aromatic rings. The van der Waals surface area contributed by atoms with Crippen molar-refractivity contribution >= 4 is 6.47 Å². The van der Waals surface area contributed by atoms with E-state index in [4.69, 9.17) is 0 Å². The molecule has 0 aliphatic heterocycles. The first-order valence-electron chi connectivity index (χ1n) is 5.42. The third kappa shape index (κ3) is 4.91. The van der Waals surface area contributed by atoms with Crippen molar-refractivity contribution in [1.29, 1.82) is 0 Å². The minimum Gasteiger partial charge on any atom is -0.457 e. The minimum atomic E-state index is 0.556. The molecule has 13 heavy (non-hydrogen) atoms. The van der Waals surface area contributed by atoms with E-state index in [-0.39, 0.29) is 0 Å². The number of hydrogen-bond donors (Lipinski definition) is 0. The van der Waals surface area contributed by atoms with Gasteiger partial charge >= 0.3 is 6.47 Å². The highest BCUT2D eigenvalue weighted by Gasteiger charge is 2.11. The lowest BCUT2D eigenvalue weighted by Crippen LogP contribution is -2.01. The van der Waals surface area contributed by atoms with Gasteiger partial charge in [-0.25, -0.2) is 4.79 Å². The number of hydrogen-bond acceptors (Lipinski definition) is 2. The van der Waals surface area contributed by atoms with E-state index >= 15 is 0 Å². The second kappa shape index (κ2) is 6.93. The van der Waals surface area contributed by atoms with Crippen molar-refractivity contribution in [1.82, 2.24) is 0 Å². The summed E-state index contributed by atoms with van der Waals surface area (Å²) in [5, 5.41) is 0. The predicted molar refractivity (Wildman–Crippen MR) is 52.1 cm³/mol. The van der Waals surface area contributed by atoms with E-state index in [0.29, 0.717) is 6.61 Å². The molecule has 1 aliphatic carbocycles. The third-order valence-corrected chi connectivity index (χ3v) is 2.89. The smallest absolute Gasteiger partial charge is 0.417 e. The Labute approximate surface area is 80.7 Å². The summed E-state index contributed by atoms with van der Waals surface area (Å²) in [6.45, 7) is 2.02. The zero-order valence-corrected chi connectivity index (χ0v) is 8.26. The van der Waals surface area contributed by atoms with E-state index in [2.05, 4.69) is 4.74 Å². The van der Waals surface area contributed by atoms with Crippen LogP contribution in [0.4, 0.5) is 0 Å². The van der Waals surface area contributed by atoms with Crippen molar-refractivity contribution in [2.24, 2.45) is 5.92 Å². The van der Waals surface area contributed by atoms with Gasteiger partial charge < -0.3 is 4.74 Å². The molecule has 0 atom stereocenters. The molecule has 0 heterocycles. The molecule has 0 amide bonds. The van der Waals surface area contributed by atoms with Gasteiger partial charge in [-0.05, 0) is 18.8 Å². The molecular weight excluding hydrogens is 164 g/mol. The molecule has 1 saturated carbocycles. The standard InChI is InChI=1S/C11H19O2/c12-10-13-9-5-8-11-6-3-1-2-4-7-11/h11H,1-9H2. The van der Waals surface area contributed by atoms with E-state index in [1.165, 1.54) is 51.4 Å². The molecule has 1 aliphatic rings. The topological polar surface area (TPSA) is 26.3 Å². The van der Waals surface area contributed by atoms with E-state index < -0.39 is 0 Å². The molecule has 2 nitrogen and oxygen atoms in total. The van der Waals surface area contributed by atoms with Crippen LogP contribution in [-0.4, -0.2) is 13.1 Å². The monoisotopic (exact) mass is 183 g/mol. The summed E-state index contributed by atoms with van der Waals surface area (Å²) in [6.07, 6.45) is 10.6. The fraction of sp³-hybridized carbons (Fsp3) is 0.909. The highest BCUT2D eigenvalue weighted by atomic mass is 16.5. The molecule has 1 radical (unpaired) electrons. The first-order valence-corrected chi connectivity index (χ1v) is 5.42. The molecule has 0 N–H and O–H groups in total. The summed E-state index contributed by atoms with van der Waals surface area (Å²) in [6, 6.07) is 0. The van der Waals surface area contributed by atoms with Crippen molar-refractivity contribution in [2.45, 2.75) is 51.4 Å². The van der Waals surface area contributed by atoms with Crippen molar-refractivity contribution in [3.05, 3.63) is 0 Å². The summed E-state index contributed by atoms with van der Waals surface area (Å²) in [7, 11) is 0. The van der Waals surface area contributed by atoms with Gasteiger partial charge in [-0.3, -0.25) is 0 Å². The van der Waals surface area contributed by atoms with E-state index in [0.717, 1.165) is 12.3 Å². The maximum atomic E-state index is 9.76. The van der Waals surface area contributed by atoms with Crippen molar-refractivity contribution in [3.63, 3.8) is 0 Å². The molecular formula is C11H19O2. The van der Waals surface area contributed by atoms with Crippen LogP contribution in [0.1, 0.15) is 51.4 Å². The molecule has 1 rings (SSSR count). The largest absolute Gasteiger partial charge is 0.457 e. The number of ether oxygens (including phenoxy) is 1. The van der Waals surface area contributed by atoms with E-state index in [9.17, 15) is 4.79 Å². The van der Waals surface area contributed by atoms with Crippen LogP contribution < -0.4 is 0 Å². The fourth-order valence-electron chi connectivity index (χ4n) is 2.14. The van der Waals surface area contributed by atoms with Crippen molar-refractivity contribution in [3.8, 4) is 0 Å². The SMILES string of the molecule is O=[C]OCCCC1CCCCCC1. The molecule has 0 aromatic carbocycles. The Balaban J connectivity index is 2.01. The van der Waals surface area contributed by atoms with Crippen LogP contribution in [0, 0.1) is 5.92 Å². The molecule has 0 aromatic heterocycles. The minimum absolute atomic E-state index is 0.556. The second-order valence-corrected chi connectivity index (χ2v) is 3.93. The number of carbonyl (C=O) groups excluding carboxylic acids is 1. The lowest BCUT2D eigenvalue weighted by Gasteiger charge is -2.12. The van der Waals surface area contributed by atoms with Crippen molar-refractivity contribution < 1.29 is 9.53 Å². The Morgan fingerprint density at radius 3 is 2.46 bits per heavy atom. The molecule has 0 unspecified atom stereocenters. The third-order valence-electron chi connectivity index (χ3n) is 2.89. The van der Waals surface area contributed by atoms with Gasteiger partial charge in [-0.15, -0.1) is 0 Å². The highest BCUT2D eigenvalue weighted by molar-refractivity contribution is 5.37. The average molecular weight is 183 g/mol. The van der Waals surface area contributed by atoms with Crippen LogP contribution in [0.2, 0.25) is 0 Å². The summed E-state index contributed by atoms with van der Waals surface area (Å²) in [5.74, 6) is 0.887. The number of rotatable bonds is 5. The van der Waals surface area contributed by atoms with Gasteiger partial charge in [0.2, 0.25) is 0 Å². The maximum absolute atomic E-state index is 9.76. The summed E-state index contributed by atoms with van der Waals surface area (Å²) >= 11 is 0. The van der Waals surface area contributed by atoms with Crippen LogP contribution in [0.15, 0.2) is 0 Å². The molecule has 2 heteroatoms. The Morgan fingerprint density at radius 1 is 1.15 bits per heavy atom. The van der Waals surface area contributed by atoms with Crippen LogP contribution in [0.5, 0.6) is 0 Å². The molecule has 0 spiro atoms. The Kier molecular flexibility index (Phi) is 5.62. The van der Waals surface area contributed by atoms with Gasteiger partial charge in [0, 0.05) is 0 Å². The zero-order valence-electron chi connectivity index (χ0n) is 8.26. The van der Waals surface area contributed by atoms with Crippen LogP contribution in [0.3, 0.4) is 0 Å². The van der Waals surface area contributed by atoms with Gasteiger partial charge in [-0.1, -0.05) is 38.5 Å². The fourth-order valence-corrected chi connectivity index (χ4v) is 2.14. The molecule has 0 bridgehead atoms. The summed E-state index contributed by atoms with van der Waals surface area (Å²) in [5.41, 5.74) is 0. The van der Waals surface area contributed by atoms with E-state index in [1.54, 1.807) is 0 Å². The Bertz CT molecular complexity index is 126. The van der Waals surface area contributed by atoms with Crippen LogP contribution >= 0.6 is 0 Å². The Hall–Kier alpha value is -0.530. The van der Waals surface area contributed by atoms with Crippen LogP contribution in [0.25, 0.3) is 0 Å². The van der Waals surface area contributed by atoms with Gasteiger partial charge in [0.25, 0.3) is 0 Å². The highest BCUT2D eigenvalue weighted by Crippen LogP contribution is 2.26. The van der Waals surface area contributed by atoms with Crippen molar-refractivity contribution in [2.75, 3.05) is 6.61 Å². The van der Waals surface area contributed by atoms with E-state index in [1.807, 2.05) is 0 Å². The predicted octanol–water partition coefficient (Wildman–Crippen LogP) is 2.82. The molecule has 75 valence electrons. The van der Waals surface area contributed by atoms with Gasteiger partial charge in [-0.2, -0.15) is 0 Å². The molecule has 1 fully saturated rings. The van der Waals surface area contributed by atoms with Gasteiger partial charge in [0.05, 0.1) is 6.61 Å². The maximum Gasteiger partial charge on any atom is 0.417 e. The zero-order chi connectivity index (χ0) is 9.36. The van der Waals surface area contributed by atoms with Crippen LogP contribution in [-0.2, 0) is 9.53 Å². The average Bonchev–Trinajstić information content (AvgIpc) is 2.41. The normalized spacial score (nSPS) is 19.4. The van der Waals surface area contributed by atoms with Gasteiger partial charge in [0.15, 0.2) is 0 Å². The quantitative estimate of drug-likeness (QED) is 0.484. The molecule has 0 saturated heterocycles.